The topological polar surface area (TPSA) is 87.5 Å². The van der Waals surface area contributed by atoms with E-state index in [1.807, 2.05) is 30.3 Å². The largest absolute Gasteiger partial charge is 0.493 e. The Balaban J connectivity index is 1.47. The standard InChI is InChI=1S/C29H25Cl3N4O4S/c1-16-25(27(37)39-3)26(36-28(33-16)34-29(35-36)41-15-18-7-4-5-8-20(18)30)17-11-12-23(24(13-17)38-2)40-14-19-21(31)9-6-10-22(19)32/h4-13,26H,14-15H2,1-3H3,(H,33,34,35). The molecule has 0 fully saturated rings. The van der Waals surface area contributed by atoms with Crippen LogP contribution in [0, 0.1) is 0 Å². The minimum Gasteiger partial charge on any atom is -0.493 e. The number of carbonyl (C=O) groups excluding carboxylic acids is 1. The van der Waals surface area contributed by atoms with E-state index in [-0.39, 0.29) is 6.61 Å². The van der Waals surface area contributed by atoms with Gasteiger partial charge < -0.3 is 19.5 Å². The van der Waals surface area contributed by atoms with Gasteiger partial charge in [-0.3, -0.25) is 0 Å². The minimum absolute atomic E-state index is 0.146. The van der Waals surface area contributed by atoms with E-state index in [0.717, 1.165) is 11.1 Å². The molecule has 8 nitrogen and oxygen atoms in total. The van der Waals surface area contributed by atoms with Crippen LogP contribution in [0.1, 0.15) is 29.7 Å². The highest BCUT2D eigenvalue weighted by molar-refractivity contribution is 7.98. The molecule has 0 bridgehead atoms. The van der Waals surface area contributed by atoms with Crippen LogP contribution in [-0.4, -0.2) is 35.0 Å². The molecule has 2 heterocycles. The number of nitrogens with zero attached hydrogens (tertiary/aromatic N) is 3. The predicted octanol–water partition coefficient (Wildman–Crippen LogP) is 7.58. The first-order chi connectivity index (χ1) is 19.8. The zero-order valence-electron chi connectivity index (χ0n) is 22.3. The van der Waals surface area contributed by atoms with Crippen molar-refractivity contribution in [2.24, 2.45) is 0 Å². The van der Waals surface area contributed by atoms with Crippen LogP contribution in [-0.2, 0) is 21.9 Å². The molecule has 12 heteroatoms. The van der Waals surface area contributed by atoms with Gasteiger partial charge in [0.15, 0.2) is 11.5 Å². The third kappa shape index (κ3) is 6.13. The van der Waals surface area contributed by atoms with Crippen molar-refractivity contribution in [2.75, 3.05) is 19.5 Å². The zero-order chi connectivity index (χ0) is 29.1. The average molecular weight is 632 g/mol. The van der Waals surface area contributed by atoms with Crippen LogP contribution < -0.4 is 14.8 Å². The molecule has 0 saturated carbocycles. The summed E-state index contributed by atoms with van der Waals surface area (Å²) in [5.41, 5.74) is 3.36. The maximum atomic E-state index is 13.0. The number of halogens is 3. The minimum atomic E-state index is -0.637. The second-order valence-electron chi connectivity index (χ2n) is 9.00. The van der Waals surface area contributed by atoms with Crippen LogP contribution in [0.15, 0.2) is 77.1 Å². The highest BCUT2D eigenvalue weighted by Crippen LogP contribution is 2.40. The Hall–Kier alpha value is -3.37. The molecule has 1 atom stereocenters. The van der Waals surface area contributed by atoms with Gasteiger partial charge in [0.2, 0.25) is 11.1 Å². The van der Waals surface area contributed by atoms with Crippen LogP contribution in [0.5, 0.6) is 11.5 Å². The molecule has 0 radical (unpaired) electrons. The number of aromatic nitrogens is 3. The molecular formula is C29H25Cl3N4O4S. The highest BCUT2D eigenvalue weighted by Gasteiger charge is 2.35. The first kappa shape index (κ1) is 29.1. The highest BCUT2D eigenvalue weighted by atomic mass is 35.5. The van der Waals surface area contributed by atoms with Gasteiger partial charge >= 0.3 is 5.97 Å². The van der Waals surface area contributed by atoms with Gasteiger partial charge in [0.1, 0.15) is 12.6 Å². The van der Waals surface area contributed by atoms with E-state index in [1.54, 1.807) is 49.0 Å². The molecule has 1 aliphatic heterocycles. The van der Waals surface area contributed by atoms with Crippen LogP contribution in [0.2, 0.25) is 15.1 Å². The second-order valence-corrected chi connectivity index (χ2v) is 11.2. The van der Waals surface area contributed by atoms with Gasteiger partial charge in [0.25, 0.3) is 0 Å². The number of methoxy groups -OCH3 is 2. The van der Waals surface area contributed by atoms with Gasteiger partial charge in [0.05, 0.1) is 19.8 Å². The van der Waals surface area contributed by atoms with E-state index in [4.69, 9.17) is 54.1 Å². The molecule has 0 aliphatic carbocycles. The number of anilines is 1. The van der Waals surface area contributed by atoms with Crippen molar-refractivity contribution < 1.29 is 19.0 Å². The fourth-order valence-corrected chi connectivity index (χ4v) is 6.05. The number of fused-ring (bicyclic) bond motifs is 1. The fraction of sp³-hybridized carbons (Fsp3) is 0.207. The van der Waals surface area contributed by atoms with E-state index in [9.17, 15) is 4.79 Å². The molecule has 0 saturated heterocycles. The molecule has 5 rings (SSSR count). The second kappa shape index (κ2) is 12.7. The van der Waals surface area contributed by atoms with Gasteiger partial charge in [-0.1, -0.05) is 76.9 Å². The van der Waals surface area contributed by atoms with Crippen molar-refractivity contribution in [1.82, 2.24) is 14.8 Å². The van der Waals surface area contributed by atoms with Gasteiger partial charge in [0, 0.05) is 32.1 Å². The number of hydrogen-bond donors (Lipinski definition) is 1. The number of esters is 1. The molecule has 4 aromatic rings. The van der Waals surface area contributed by atoms with E-state index in [2.05, 4.69) is 10.3 Å². The van der Waals surface area contributed by atoms with Crippen LogP contribution in [0.4, 0.5) is 5.95 Å². The van der Waals surface area contributed by atoms with Crippen molar-refractivity contribution in [3.05, 3.63) is 104 Å². The van der Waals surface area contributed by atoms with Crippen LogP contribution >= 0.6 is 46.6 Å². The summed E-state index contributed by atoms with van der Waals surface area (Å²) < 4.78 is 18.5. The smallest absolute Gasteiger partial charge is 0.338 e. The Morgan fingerprint density at radius 1 is 1.00 bits per heavy atom. The molecule has 0 amide bonds. The Kier molecular flexibility index (Phi) is 8.99. The molecule has 0 spiro atoms. The number of rotatable bonds is 9. The van der Waals surface area contributed by atoms with Crippen molar-refractivity contribution >= 4 is 58.5 Å². The van der Waals surface area contributed by atoms with Crippen LogP contribution in [0.25, 0.3) is 0 Å². The molecule has 212 valence electrons. The summed E-state index contributed by atoms with van der Waals surface area (Å²) in [5, 5.41) is 10.2. The summed E-state index contributed by atoms with van der Waals surface area (Å²) in [5.74, 6) is 1.53. The number of benzene rings is 3. The Bertz CT molecular complexity index is 1620. The summed E-state index contributed by atoms with van der Waals surface area (Å²) in [6, 6.07) is 17.7. The normalized spacial score (nSPS) is 14.3. The summed E-state index contributed by atoms with van der Waals surface area (Å²) >= 11 is 20.4. The number of hydrogen-bond acceptors (Lipinski definition) is 8. The molecule has 1 aliphatic rings. The van der Waals surface area contributed by atoms with Crippen molar-refractivity contribution in [3.63, 3.8) is 0 Å². The molecule has 1 unspecified atom stereocenters. The quantitative estimate of drug-likeness (QED) is 0.149. The monoisotopic (exact) mass is 630 g/mol. The fourth-order valence-electron chi connectivity index (χ4n) is 4.43. The molecule has 3 aromatic carbocycles. The summed E-state index contributed by atoms with van der Waals surface area (Å²) in [7, 11) is 2.89. The number of thioether (sulfide) groups is 1. The lowest BCUT2D eigenvalue weighted by Crippen LogP contribution is -2.29. The molecular weight excluding hydrogens is 607 g/mol. The van der Waals surface area contributed by atoms with E-state index in [0.29, 0.717) is 60.3 Å². The number of nitrogens with one attached hydrogen (secondary N) is 1. The van der Waals surface area contributed by atoms with Crippen molar-refractivity contribution in [3.8, 4) is 11.5 Å². The average Bonchev–Trinajstić information content (AvgIpc) is 3.37. The first-order valence-corrected chi connectivity index (χ1v) is 14.5. The molecule has 41 heavy (non-hydrogen) atoms. The summed E-state index contributed by atoms with van der Waals surface area (Å²) in [6.07, 6.45) is 0. The Morgan fingerprint density at radius 2 is 1.73 bits per heavy atom. The number of carbonyl (C=O) groups is 1. The van der Waals surface area contributed by atoms with Crippen LogP contribution in [0.3, 0.4) is 0 Å². The predicted molar refractivity (Wildman–Crippen MR) is 161 cm³/mol. The third-order valence-corrected chi connectivity index (χ3v) is 8.45. The maximum Gasteiger partial charge on any atom is 0.338 e. The third-order valence-electron chi connectivity index (χ3n) is 6.49. The van der Waals surface area contributed by atoms with E-state index in [1.165, 1.54) is 18.9 Å². The van der Waals surface area contributed by atoms with Crippen molar-refractivity contribution in [1.29, 1.82) is 0 Å². The zero-order valence-corrected chi connectivity index (χ0v) is 25.4. The number of ether oxygens (including phenoxy) is 3. The van der Waals surface area contributed by atoms with Crippen molar-refractivity contribution in [2.45, 2.75) is 30.5 Å². The maximum absolute atomic E-state index is 13.0. The lowest BCUT2D eigenvalue weighted by atomic mass is 9.95. The lowest BCUT2D eigenvalue weighted by Gasteiger charge is -2.28. The Morgan fingerprint density at radius 3 is 2.44 bits per heavy atom. The van der Waals surface area contributed by atoms with Gasteiger partial charge in [-0.2, -0.15) is 4.98 Å². The molecule has 1 aromatic heterocycles. The summed E-state index contributed by atoms with van der Waals surface area (Å²) in [4.78, 5) is 17.7. The van der Waals surface area contributed by atoms with Gasteiger partial charge in [-0.15, -0.1) is 5.10 Å². The summed E-state index contributed by atoms with van der Waals surface area (Å²) in [6.45, 7) is 1.95. The Labute approximate surface area is 256 Å². The molecule has 1 N–H and O–H groups in total. The van der Waals surface area contributed by atoms with E-state index < -0.39 is 12.0 Å². The lowest BCUT2D eigenvalue weighted by molar-refractivity contribution is -0.136. The number of allylic oxidation sites excluding steroid dienone is 1. The van der Waals surface area contributed by atoms with E-state index >= 15 is 0 Å². The first-order valence-electron chi connectivity index (χ1n) is 12.4. The SMILES string of the molecule is COC(=O)C1=C(C)Nc2nc(SCc3ccccc3Cl)nn2C1c1ccc(OCc2c(Cl)cccc2Cl)c(OC)c1. The van der Waals surface area contributed by atoms with Gasteiger partial charge in [-0.05, 0) is 48.4 Å². The van der Waals surface area contributed by atoms with Gasteiger partial charge in [-0.25, -0.2) is 9.48 Å².